The molecule has 0 aromatic heterocycles. The summed E-state index contributed by atoms with van der Waals surface area (Å²) in [4.78, 5) is 0. The van der Waals surface area contributed by atoms with Crippen LogP contribution < -0.4 is 14.2 Å². The number of benzene rings is 3. The van der Waals surface area contributed by atoms with E-state index in [9.17, 15) is 0 Å². The fourth-order valence-electron chi connectivity index (χ4n) is 4.07. The number of halogens is 2. The summed E-state index contributed by atoms with van der Waals surface area (Å²) in [7, 11) is 3.32. The second kappa shape index (κ2) is 8.09. The van der Waals surface area contributed by atoms with Crippen LogP contribution in [0.3, 0.4) is 0 Å². The quantitative estimate of drug-likeness (QED) is 0.419. The number of nitrogens with zero attached hydrogens (tertiary/aromatic N) is 2. The normalized spacial score (nSPS) is 19.2. The third-order valence-electron chi connectivity index (χ3n) is 5.64. The third kappa shape index (κ3) is 3.64. The van der Waals surface area contributed by atoms with Gasteiger partial charge in [-0.3, -0.25) is 0 Å². The van der Waals surface area contributed by atoms with Crippen LogP contribution in [0, 0.1) is 0 Å². The molecule has 5 nitrogen and oxygen atoms in total. The molecule has 0 radical (unpaired) electrons. The summed E-state index contributed by atoms with van der Waals surface area (Å²) in [5.41, 5.74) is 4.09. The van der Waals surface area contributed by atoms with Crippen LogP contribution in [-0.2, 0) is 0 Å². The molecule has 31 heavy (non-hydrogen) atoms. The molecule has 3 aromatic carbocycles. The minimum absolute atomic E-state index is 0.0328. The highest BCUT2D eigenvalue weighted by Gasteiger charge is 2.41. The van der Waals surface area contributed by atoms with Gasteiger partial charge in [-0.2, -0.15) is 5.10 Å². The maximum Gasteiger partial charge on any atom is 0.213 e. The predicted molar refractivity (Wildman–Crippen MR) is 124 cm³/mol. The summed E-state index contributed by atoms with van der Waals surface area (Å²) in [6.45, 7) is 0. The monoisotopic (exact) mass is 498 g/mol. The molecule has 158 valence electrons. The summed E-state index contributed by atoms with van der Waals surface area (Å²) in [5.74, 6) is 2.42. The molecular weight excluding hydrogens is 480 g/mol. The van der Waals surface area contributed by atoms with E-state index in [0.717, 1.165) is 50.5 Å². The lowest BCUT2D eigenvalue weighted by molar-refractivity contribution is -0.0190. The number of ether oxygens (including phenoxy) is 3. The van der Waals surface area contributed by atoms with Crippen LogP contribution in [0.2, 0.25) is 5.02 Å². The van der Waals surface area contributed by atoms with E-state index in [1.165, 1.54) is 0 Å². The number of fused-ring (bicyclic) bond motifs is 3. The highest BCUT2D eigenvalue weighted by molar-refractivity contribution is 9.10. The van der Waals surface area contributed by atoms with Crippen molar-refractivity contribution in [2.45, 2.75) is 18.7 Å². The van der Waals surface area contributed by atoms with Gasteiger partial charge < -0.3 is 14.2 Å². The highest BCUT2D eigenvalue weighted by Crippen LogP contribution is 2.48. The van der Waals surface area contributed by atoms with E-state index >= 15 is 0 Å². The van der Waals surface area contributed by atoms with E-state index in [1.54, 1.807) is 14.2 Å². The molecule has 0 saturated carbocycles. The molecular formula is C24H20BrClN2O3. The van der Waals surface area contributed by atoms with Crippen molar-refractivity contribution in [2.75, 3.05) is 14.2 Å². The fourth-order valence-corrected chi connectivity index (χ4v) is 4.81. The van der Waals surface area contributed by atoms with Crippen LogP contribution >= 0.6 is 27.5 Å². The molecule has 2 heterocycles. The van der Waals surface area contributed by atoms with E-state index < -0.39 is 0 Å². The Balaban J connectivity index is 1.57. The summed E-state index contributed by atoms with van der Waals surface area (Å²) in [6.07, 6.45) is 0.397. The van der Waals surface area contributed by atoms with Crippen LogP contribution in [0.15, 0.2) is 70.2 Å². The van der Waals surface area contributed by atoms with Gasteiger partial charge in [-0.25, -0.2) is 5.01 Å². The molecule has 0 fully saturated rings. The molecule has 3 aromatic rings. The van der Waals surface area contributed by atoms with Gasteiger partial charge in [0.1, 0.15) is 17.2 Å². The minimum Gasteiger partial charge on any atom is -0.497 e. The second-order valence-corrected chi connectivity index (χ2v) is 8.71. The molecule has 0 aliphatic carbocycles. The Kier molecular flexibility index (Phi) is 5.28. The van der Waals surface area contributed by atoms with Gasteiger partial charge in [-0.15, -0.1) is 0 Å². The van der Waals surface area contributed by atoms with Crippen LogP contribution in [0.4, 0.5) is 0 Å². The topological polar surface area (TPSA) is 43.3 Å². The average Bonchev–Trinajstić information content (AvgIpc) is 3.24. The lowest BCUT2D eigenvalue weighted by Crippen LogP contribution is -2.33. The molecule has 2 atom stereocenters. The van der Waals surface area contributed by atoms with Gasteiger partial charge in [-0.05, 0) is 82.2 Å². The zero-order valence-electron chi connectivity index (χ0n) is 17.0. The lowest BCUT2D eigenvalue weighted by Gasteiger charge is -2.38. The zero-order valence-corrected chi connectivity index (χ0v) is 19.4. The SMILES string of the molecule is COc1ccc(C2=NN3[C@@H](C2)c2cc(Cl)ccc2O[C@H]3c2ccc(OC)c(Br)c2)cc1. The van der Waals surface area contributed by atoms with Crippen molar-refractivity contribution in [3.05, 3.63) is 86.8 Å². The maximum absolute atomic E-state index is 6.41. The van der Waals surface area contributed by atoms with Gasteiger partial charge in [0.2, 0.25) is 6.23 Å². The molecule has 0 amide bonds. The number of hydrogen-bond donors (Lipinski definition) is 0. The van der Waals surface area contributed by atoms with Gasteiger partial charge in [0.25, 0.3) is 0 Å². The number of hydrazone groups is 1. The Morgan fingerprint density at radius 1 is 1.03 bits per heavy atom. The van der Waals surface area contributed by atoms with E-state index in [2.05, 4.69) is 15.9 Å². The molecule has 2 aliphatic heterocycles. The van der Waals surface area contributed by atoms with Gasteiger partial charge >= 0.3 is 0 Å². The van der Waals surface area contributed by atoms with Crippen LogP contribution in [0.25, 0.3) is 0 Å². The van der Waals surface area contributed by atoms with Crippen LogP contribution in [0.1, 0.15) is 35.4 Å². The molecule has 0 bridgehead atoms. The molecule has 0 spiro atoms. The largest absolute Gasteiger partial charge is 0.497 e. The number of rotatable bonds is 4. The van der Waals surface area contributed by atoms with Crippen molar-refractivity contribution in [1.29, 1.82) is 0 Å². The summed E-state index contributed by atoms with van der Waals surface area (Å²) < 4.78 is 18.0. The van der Waals surface area contributed by atoms with Gasteiger partial charge in [0.05, 0.1) is 30.4 Å². The van der Waals surface area contributed by atoms with Crippen molar-refractivity contribution >= 4 is 33.2 Å². The molecule has 5 rings (SSSR count). The number of hydrogen-bond acceptors (Lipinski definition) is 5. The first kappa shape index (κ1) is 20.2. The van der Waals surface area contributed by atoms with Gasteiger partial charge in [0, 0.05) is 22.6 Å². The van der Waals surface area contributed by atoms with Crippen molar-refractivity contribution in [3.8, 4) is 17.2 Å². The Morgan fingerprint density at radius 2 is 1.84 bits per heavy atom. The highest BCUT2D eigenvalue weighted by atomic mass is 79.9. The Bertz CT molecular complexity index is 1170. The van der Waals surface area contributed by atoms with E-state index in [-0.39, 0.29) is 12.3 Å². The maximum atomic E-state index is 6.41. The zero-order chi connectivity index (χ0) is 21.5. The van der Waals surface area contributed by atoms with Crippen molar-refractivity contribution in [1.82, 2.24) is 5.01 Å². The van der Waals surface area contributed by atoms with E-state index in [1.807, 2.05) is 65.7 Å². The summed E-state index contributed by atoms with van der Waals surface area (Å²) >= 11 is 9.90. The Morgan fingerprint density at radius 3 is 2.55 bits per heavy atom. The standard InChI is InChI=1S/C24H20BrClN2O3/c1-29-17-7-3-14(4-8-17)20-13-21-18-12-16(26)6-10-22(18)31-24(28(21)27-20)15-5-9-23(30-2)19(25)11-15/h3-12,21,24H,13H2,1-2H3/t21-,24-/m0/s1. The lowest BCUT2D eigenvalue weighted by atomic mass is 9.96. The molecule has 0 saturated heterocycles. The molecule has 0 N–H and O–H groups in total. The van der Waals surface area contributed by atoms with Crippen molar-refractivity contribution < 1.29 is 14.2 Å². The first-order chi connectivity index (χ1) is 15.1. The third-order valence-corrected chi connectivity index (χ3v) is 6.49. The number of methoxy groups -OCH3 is 2. The smallest absolute Gasteiger partial charge is 0.213 e. The average molecular weight is 500 g/mol. The summed E-state index contributed by atoms with van der Waals surface area (Å²) in [5, 5.41) is 7.71. The van der Waals surface area contributed by atoms with E-state index in [0.29, 0.717) is 5.02 Å². The van der Waals surface area contributed by atoms with Crippen molar-refractivity contribution in [3.63, 3.8) is 0 Å². The molecule has 2 aliphatic rings. The predicted octanol–water partition coefficient (Wildman–Crippen LogP) is 6.36. The summed E-state index contributed by atoms with van der Waals surface area (Å²) in [6, 6.07) is 19.7. The van der Waals surface area contributed by atoms with Gasteiger partial charge in [0.15, 0.2) is 0 Å². The first-order valence-corrected chi connectivity index (χ1v) is 11.0. The van der Waals surface area contributed by atoms with Crippen LogP contribution in [-0.4, -0.2) is 24.9 Å². The van der Waals surface area contributed by atoms with Crippen LogP contribution in [0.5, 0.6) is 17.2 Å². The Hall–Kier alpha value is -2.70. The first-order valence-electron chi connectivity index (χ1n) is 9.87. The van der Waals surface area contributed by atoms with Gasteiger partial charge in [-0.1, -0.05) is 11.6 Å². The second-order valence-electron chi connectivity index (χ2n) is 7.42. The van der Waals surface area contributed by atoms with Crippen molar-refractivity contribution in [2.24, 2.45) is 5.10 Å². The Labute approximate surface area is 194 Å². The molecule has 7 heteroatoms. The minimum atomic E-state index is -0.364. The molecule has 0 unspecified atom stereocenters. The van der Waals surface area contributed by atoms with E-state index in [4.69, 9.17) is 30.9 Å². The fraction of sp³-hybridized carbons (Fsp3) is 0.208.